The lowest BCUT2D eigenvalue weighted by Gasteiger charge is -2.16. The molecule has 0 aliphatic carbocycles. The van der Waals surface area contributed by atoms with Crippen molar-refractivity contribution >= 4 is 28.4 Å². The predicted octanol–water partition coefficient (Wildman–Crippen LogP) is 4.02. The molecule has 2 rings (SSSR count). The van der Waals surface area contributed by atoms with Crippen LogP contribution in [0.15, 0.2) is 24.3 Å². The second-order valence-electron chi connectivity index (χ2n) is 6.53. The lowest BCUT2D eigenvalue weighted by atomic mass is 9.91. The first-order chi connectivity index (χ1) is 9.26. The zero-order valence-corrected chi connectivity index (χ0v) is 14.7. The maximum absolute atomic E-state index is 6.19. The molecule has 0 unspecified atom stereocenters. The van der Waals surface area contributed by atoms with E-state index in [1.54, 1.807) is 0 Å². The van der Waals surface area contributed by atoms with Crippen molar-refractivity contribution in [3.8, 4) is 0 Å². The molecule has 0 saturated carbocycles. The number of aromatic nitrogens is 2. The molecular formula is C16H22IN3. The molecule has 3 nitrogen and oxygen atoms in total. The van der Waals surface area contributed by atoms with E-state index in [4.69, 9.17) is 10.8 Å². The minimum atomic E-state index is 0.218. The highest BCUT2D eigenvalue weighted by Crippen LogP contribution is 2.27. The highest BCUT2D eigenvalue weighted by atomic mass is 127. The van der Waals surface area contributed by atoms with E-state index >= 15 is 0 Å². The van der Waals surface area contributed by atoms with Gasteiger partial charge in [0, 0.05) is 0 Å². The van der Waals surface area contributed by atoms with Gasteiger partial charge in [-0.15, -0.1) is 0 Å². The molecule has 0 aliphatic rings. The number of rotatable bonds is 3. The highest BCUT2D eigenvalue weighted by Gasteiger charge is 2.19. The van der Waals surface area contributed by atoms with E-state index in [0.717, 1.165) is 28.0 Å². The quantitative estimate of drug-likeness (QED) is 0.814. The average Bonchev–Trinajstić information content (AvgIpc) is 2.59. The number of aryl methyl sites for hydroxylation is 1. The van der Waals surface area contributed by atoms with E-state index in [9.17, 15) is 0 Å². The molecule has 1 aromatic carbocycles. The first-order valence-electron chi connectivity index (χ1n) is 6.82. The van der Waals surface area contributed by atoms with Gasteiger partial charge in [0.1, 0.15) is 5.82 Å². The van der Waals surface area contributed by atoms with Crippen LogP contribution in [0, 0.1) is 15.9 Å². The minimum Gasteiger partial charge on any atom is -0.383 e. The standard InChI is InChI=1S/C16H22IN3/c1-11-5-7-12(8-6-11)10-20-15(18)14(17)13(19-20)9-16(2,3)4/h5-8H,9-10,18H2,1-4H3. The average molecular weight is 383 g/mol. The van der Waals surface area contributed by atoms with Crippen molar-refractivity contribution in [1.82, 2.24) is 9.78 Å². The summed E-state index contributed by atoms with van der Waals surface area (Å²) in [6, 6.07) is 8.51. The number of nitrogens with two attached hydrogens (primary N) is 1. The van der Waals surface area contributed by atoms with Crippen LogP contribution in [0.3, 0.4) is 0 Å². The molecule has 0 saturated heterocycles. The van der Waals surface area contributed by atoms with Gasteiger partial charge < -0.3 is 5.73 Å². The van der Waals surface area contributed by atoms with Crippen LogP contribution in [0.1, 0.15) is 37.6 Å². The van der Waals surface area contributed by atoms with Gasteiger partial charge in [0.15, 0.2) is 0 Å². The number of benzene rings is 1. The Morgan fingerprint density at radius 1 is 1.20 bits per heavy atom. The van der Waals surface area contributed by atoms with Crippen molar-refractivity contribution < 1.29 is 0 Å². The highest BCUT2D eigenvalue weighted by molar-refractivity contribution is 14.1. The Labute approximate surface area is 134 Å². The lowest BCUT2D eigenvalue weighted by Crippen LogP contribution is -2.11. The largest absolute Gasteiger partial charge is 0.383 e. The molecule has 2 aromatic rings. The van der Waals surface area contributed by atoms with E-state index in [0.29, 0.717) is 0 Å². The molecule has 0 fully saturated rings. The summed E-state index contributed by atoms with van der Waals surface area (Å²) in [5.74, 6) is 0.769. The van der Waals surface area contributed by atoms with Gasteiger partial charge in [-0.05, 0) is 46.9 Å². The Balaban J connectivity index is 2.24. The summed E-state index contributed by atoms with van der Waals surface area (Å²) in [5.41, 5.74) is 10.0. The van der Waals surface area contributed by atoms with Crippen molar-refractivity contribution in [1.29, 1.82) is 0 Å². The molecule has 0 amide bonds. The second-order valence-corrected chi connectivity index (χ2v) is 7.61. The maximum Gasteiger partial charge on any atom is 0.135 e. The van der Waals surface area contributed by atoms with Crippen LogP contribution in [-0.4, -0.2) is 9.78 Å². The van der Waals surface area contributed by atoms with E-state index in [-0.39, 0.29) is 5.41 Å². The fourth-order valence-corrected chi connectivity index (χ4v) is 2.68. The number of hydrogen-bond donors (Lipinski definition) is 1. The van der Waals surface area contributed by atoms with Crippen LogP contribution in [0.4, 0.5) is 5.82 Å². The van der Waals surface area contributed by atoms with Crippen molar-refractivity contribution in [3.05, 3.63) is 44.7 Å². The Morgan fingerprint density at radius 2 is 1.80 bits per heavy atom. The summed E-state index contributed by atoms with van der Waals surface area (Å²) in [6.07, 6.45) is 0.941. The number of hydrogen-bond acceptors (Lipinski definition) is 2. The number of halogens is 1. The van der Waals surface area contributed by atoms with Crippen LogP contribution >= 0.6 is 22.6 Å². The van der Waals surface area contributed by atoms with Gasteiger partial charge in [-0.1, -0.05) is 50.6 Å². The molecule has 20 heavy (non-hydrogen) atoms. The van der Waals surface area contributed by atoms with Crippen molar-refractivity contribution in [3.63, 3.8) is 0 Å². The lowest BCUT2D eigenvalue weighted by molar-refractivity contribution is 0.403. The molecule has 0 atom stereocenters. The summed E-state index contributed by atoms with van der Waals surface area (Å²) >= 11 is 2.31. The zero-order chi connectivity index (χ0) is 14.9. The van der Waals surface area contributed by atoms with Crippen LogP contribution in [0.5, 0.6) is 0 Å². The van der Waals surface area contributed by atoms with Crippen molar-refractivity contribution in [2.45, 2.75) is 40.7 Å². The molecule has 1 heterocycles. The molecule has 0 aliphatic heterocycles. The molecule has 0 radical (unpaired) electrons. The summed E-state index contributed by atoms with van der Waals surface area (Å²) in [5, 5.41) is 4.70. The SMILES string of the molecule is Cc1ccc(Cn2nc(CC(C)(C)C)c(I)c2N)cc1. The first-order valence-corrected chi connectivity index (χ1v) is 7.90. The normalized spacial score (nSPS) is 11.8. The van der Waals surface area contributed by atoms with E-state index in [1.165, 1.54) is 11.1 Å². The Kier molecular flexibility index (Phi) is 4.42. The van der Waals surface area contributed by atoms with Gasteiger partial charge >= 0.3 is 0 Å². The third kappa shape index (κ3) is 3.75. The first kappa shape index (κ1) is 15.4. The van der Waals surface area contributed by atoms with E-state index in [1.807, 2.05) is 4.68 Å². The second kappa shape index (κ2) is 5.76. The van der Waals surface area contributed by atoms with E-state index in [2.05, 4.69) is 74.6 Å². The molecule has 1 aromatic heterocycles. The third-order valence-corrected chi connectivity index (χ3v) is 4.32. The zero-order valence-electron chi connectivity index (χ0n) is 12.6. The predicted molar refractivity (Wildman–Crippen MR) is 92.8 cm³/mol. The van der Waals surface area contributed by atoms with Gasteiger partial charge in [0.05, 0.1) is 15.8 Å². The van der Waals surface area contributed by atoms with Crippen molar-refractivity contribution in [2.75, 3.05) is 5.73 Å². The summed E-state index contributed by atoms with van der Waals surface area (Å²) in [4.78, 5) is 0. The minimum absolute atomic E-state index is 0.218. The number of nitrogens with zero attached hydrogens (tertiary/aromatic N) is 2. The van der Waals surface area contributed by atoms with Gasteiger partial charge in [-0.25, -0.2) is 4.68 Å². The molecule has 4 heteroatoms. The van der Waals surface area contributed by atoms with Gasteiger partial charge in [-0.3, -0.25) is 0 Å². The topological polar surface area (TPSA) is 43.8 Å². The maximum atomic E-state index is 6.19. The van der Waals surface area contributed by atoms with Gasteiger partial charge in [0.25, 0.3) is 0 Å². The summed E-state index contributed by atoms with van der Waals surface area (Å²) in [7, 11) is 0. The van der Waals surface area contributed by atoms with Crippen LogP contribution < -0.4 is 5.73 Å². The Hall–Kier alpha value is -1.04. The van der Waals surface area contributed by atoms with Crippen LogP contribution in [0.25, 0.3) is 0 Å². The fourth-order valence-electron chi connectivity index (χ4n) is 2.11. The van der Waals surface area contributed by atoms with Gasteiger partial charge in [0.2, 0.25) is 0 Å². The molecular weight excluding hydrogens is 361 g/mol. The number of anilines is 1. The Bertz CT molecular complexity index is 591. The van der Waals surface area contributed by atoms with Gasteiger partial charge in [-0.2, -0.15) is 5.10 Å². The van der Waals surface area contributed by atoms with Crippen molar-refractivity contribution in [2.24, 2.45) is 5.41 Å². The van der Waals surface area contributed by atoms with Crippen LogP contribution in [0.2, 0.25) is 0 Å². The Morgan fingerprint density at radius 3 is 2.35 bits per heavy atom. The van der Waals surface area contributed by atoms with Crippen LogP contribution in [-0.2, 0) is 13.0 Å². The molecule has 0 bridgehead atoms. The molecule has 108 valence electrons. The monoisotopic (exact) mass is 383 g/mol. The summed E-state index contributed by atoms with van der Waals surface area (Å²) in [6.45, 7) is 9.48. The number of nitrogen functional groups attached to an aromatic ring is 1. The van der Waals surface area contributed by atoms with E-state index < -0.39 is 0 Å². The molecule has 2 N–H and O–H groups in total. The fraction of sp³-hybridized carbons (Fsp3) is 0.438. The smallest absolute Gasteiger partial charge is 0.135 e. The molecule has 0 spiro atoms. The third-order valence-electron chi connectivity index (χ3n) is 3.15. The summed E-state index contributed by atoms with van der Waals surface area (Å²) < 4.78 is 3.00.